The molecule has 0 saturated heterocycles. The molecule has 0 saturated carbocycles. The Bertz CT molecular complexity index is 1450. The van der Waals surface area contributed by atoms with Crippen molar-refractivity contribution in [1.82, 2.24) is 4.98 Å². The van der Waals surface area contributed by atoms with Gasteiger partial charge in [0.1, 0.15) is 16.8 Å². The van der Waals surface area contributed by atoms with Crippen LogP contribution in [0.3, 0.4) is 0 Å². The number of Topliss-reactive ketones (excluding diaryl/α,β-unsaturated/α-hetero) is 1. The highest BCUT2D eigenvalue weighted by Crippen LogP contribution is 2.43. The molecule has 1 aliphatic heterocycles. The Kier molecular flexibility index (Phi) is 5.33. The number of amides is 1. The van der Waals surface area contributed by atoms with Crippen LogP contribution < -0.4 is 4.90 Å². The summed E-state index contributed by atoms with van der Waals surface area (Å²) in [5.74, 6) is -4.41. The second-order valence-corrected chi connectivity index (χ2v) is 8.58. The number of furan rings is 1. The number of carbonyl (C=O) groups is 2. The molecule has 1 unspecified atom stereocenters. The lowest BCUT2D eigenvalue weighted by Gasteiger charge is -2.25. The number of anilines is 1. The van der Waals surface area contributed by atoms with Crippen LogP contribution >= 0.6 is 11.3 Å². The first kappa shape index (κ1) is 21.7. The Morgan fingerprint density at radius 2 is 1.85 bits per heavy atom. The fraction of sp³-hybridized carbons (Fsp3) is 0.0800. The number of thiazole rings is 1. The van der Waals surface area contributed by atoms with E-state index in [-0.39, 0.29) is 21.9 Å². The van der Waals surface area contributed by atoms with E-state index in [0.717, 1.165) is 33.9 Å². The fourth-order valence-electron chi connectivity index (χ4n) is 3.89. The minimum absolute atomic E-state index is 0.0364. The van der Waals surface area contributed by atoms with E-state index in [1.54, 1.807) is 13.0 Å². The van der Waals surface area contributed by atoms with Gasteiger partial charge in [-0.1, -0.05) is 30.3 Å². The van der Waals surface area contributed by atoms with Crippen LogP contribution in [0, 0.1) is 18.6 Å². The number of carbonyl (C=O) groups excluding carboxylic acids is 2. The summed E-state index contributed by atoms with van der Waals surface area (Å²) >= 11 is 1.14. The van der Waals surface area contributed by atoms with E-state index in [0.29, 0.717) is 10.7 Å². The van der Waals surface area contributed by atoms with Gasteiger partial charge >= 0.3 is 0 Å². The highest BCUT2D eigenvalue weighted by Gasteiger charge is 2.47. The fourth-order valence-corrected chi connectivity index (χ4v) is 4.91. The molecule has 1 aliphatic rings. The van der Waals surface area contributed by atoms with Crippen LogP contribution in [0.15, 0.2) is 82.7 Å². The number of aliphatic hydroxyl groups is 1. The molecule has 9 heteroatoms. The molecular formula is C25H16F2N2O4S. The van der Waals surface area contributed by atoms with Crippen molar-refractivity contribution in [3.8, 4) is 10.6 Å². The normalized spacial score (nSPS) is 15.9. The van der Waals surface area contributed by atoms with Crippen LogP contribution in [0.25, 0.3) is 10.6 Å². The Morgan fingerprint density at radius 3 is 2.53 bits per heavy atom. The number of aliphatic hydroxyl groups excluding tert-OH is 1. The van der Waals surface area contributed by atoms with Gasteiger partial charge in [-0.15, -0.1) is 11.3 Å². The first-order chi connectivity index (χ1) is 16.4. The smallest absolute Gasteiger partial charge is 0.294 e. The second kappa shape index (κ2) is 8.35. The van der Waals surface area contributed by atoms with Crippen LogP contribution in [-0.4, -0.2) is 21.8 Å². The zero-order valence-electron chi connectivity index (χ0n) is 17.7. The van der Waals surface area contributed by atoms with Crippen molar-refractivity contribution in [2.24, 2.45) is 0 Å². The summed E-state index contributed by atoms with van der Waals surface area (Å²) in [6.45, 7) is 1.67. The maximum Gasteiger partial charge on any atom is 0.294 e. The van der Waals surface area contributed by atoms with E-state index in [9.17, 15) is 23.5 Å². The molecule has 6 nitrogen and oxygen atoms in total. The van der Waals surface area contributed by atoms with Crippen molar-refractivity contribution in [2.45, 2.75) is 13.0 Å². The largest absolute Gasteiger partial charge is 0.503 e. The minimum atomic E-state index is -1.18. The van der Waals surface area contributed by atoms with Crippen LogP contribution in [0.4, 0.5) is 14.5 Å². The summed E-state index contributed by atoms with van der Waals surface area (Å²) in [4.78, 5) is 32.5. The Balaban J connectivity index is 1.61. The molecule has 170 valence electrons. The zero-order valence-corrected chi connectivity index (χ0v) is 18.5. The SMILES string of the molecule is Cc1nc(-c2ccccc2)sc1C(=O)C1=C(O)C(=O)N(c2ccc(F)c(F)c2)C1c1ccco1. The third-order valence-electron chi connectivity index (χ3n) is 5.47. The number of benzene rings is 2. The lowest BCUT2D eigenvalue weighted by molar-refractivity contribution is -0.117. The van der Waals surface area contributed by atoms with Crippen molar-refractivity contribution < 1.29 is 27.9 Å². The minimum Gasteiger partial charge on any atom is -0.503 e. The highest BCUT2D eigenvalue weighted by molar-refractivity contribution is 7.17. The molecule has 1 N–H and O–H groups in total. The number of hydrogen-bond acceptors (Lipinski definition) is 6. The first-order valence-electron chi connectivity index (χ1n) is 10.2. The van der Waals surface area contributed by atoms with Gasteiger partial charge in [0.2, 0.25) is 5.78 Å². The van der Waals surface area contributed by atoms with E-state index >= 15 is 0 Å². The van der Waals surface area contributed by atoms with Crippen molar-refractivity contribution in [3.63, 3.8) is 0 Å². The van der Waals surface area contributed by atoms with Gasteiger partial charge in [0.15, 0.2) is 17.4 Å². The Hall–Kier alpha value is -4.11. The second-order valence-electron chi connectivity index (χ2n) is 7.58. The summed E-state index contributed by atoms with van der Waals surface area (Å²) in [5.41, 5.74) is 0.995. The molecule has 0 aliphatic carbocycles. The average Bonchev–Trinajstić information content (AvgIpc) is 3.55. The maximum absolute atomic E-state index is 14.0. The van der Waals surface area contributed by atoms with Crippen molar-refractivity contribution >= 4 is 28.7 Å². The summed E-state index contributed by atoms with van der Waals surface area (Å²) in [7, 11) is 0. The summed E-state index contributed by atoms with van der Waals surface area (Å²) in [6, 6.07) is 14.1. The van der Waals surface area contributed by atoms with Gasteiger partial charge in [-0.25, -0.2) is 13.8 Å². The number of rotatable bonds is 5. The highest BCUT2D eigenvalue weighted by atomic mass is 32.1. The monoisotopic (exact) mass is 478 g/mol. The van der Waals surface area contributed by atoms with E-state index in [2.05, 4.69) is 4.98 Å². The first-order valence-corrected chi connectivity index (χ1v) is 11.0. The Morgan fingerprint density at radius 1 is 1.09 bits per heavy atom. The molecule has 0 bridgehead atoms. The predicted octanol–water partition coefficient (Wildman–Crippen LogP) is 5.77. The lowest BCUT2D eigenvalue weighted by atomic mass is 9.99. The molecule has 1 amide bonds. The van der Waals surface area contributed by atoms with Crippen molar-refractivity contribution in [3.05, 3.63) is 106 Å². The number of ketones is 1. The van der Waals surface area contributed by atoms with Crippen LogP contribution in [0.1, 0.15) is 27.2 Å². The number of nitrogens with zero attached hydrogens (tertiary/aromatic N) is 2. The third-order valence-corrected chi connectivity index (χ3v) is 6.68. The quantitative estimate of drug-likeness (QED) is 0.368. The van der Waals surface area contributed by atoms with E-state index in [1.807, 2.05) is 30.3 Å². The van der Waals surface area contributed by atoms with Crippen molar-refractivity contribution in [2.75, 3.05) is 4.90 Å². The maximum atomic E-state index is 14.0. The number of halogens is 2. The molecular weight excluding hydrogens is 462 g/mol. The van der Waals surface area contributed by atoms with Gasteiger partial charge in [0.25, 0.3) is 5.91 Å². The number of hydrogen-bond donors (Lipinski definition) is 1. The summed E-state index contributed by atoms with van der Waals surface area (Å²) in [6.07, 6.45) is 1.35. The molecule has 2 aromatic heterocycles. The van der Waals surface area contributed by atoms with Gasteiger partial charge < -0.3 is 9.52 Å². The molecule has 4 aromatic rings. The molecule has 5 rings (SSSR count). The molecule has 0 radical (unpaired) electrons. The predicted molar refractivity (Wildman–Crippen MR) is 122 cm³/mol. The Labute approximate surface area is 196 Å². The van der Waals surface area contributed by atoms with Gasteiger partial charge in [-0.2, -0.15) is 0 Å². The molecule has 1 atom stereocenters. The van der Waals surface area contributed by atoms with Crippen LogP contribution in [-0.2, 0) is 4.79 Å². The van der Waals surface area contributed by atoms with Gasteiger partial charge in [0.05, 0.1) is 22.4 Å². The number of aryl methyl sites for hydroxylation is 1. The molecule has 0 fully saturated rings. The number of aromatic nitrogens is 1. The van der Waals surface area contributed by atoms with Gasteiger partial charge in [-0.3, -0.25) is 14.5 Å². The third kappa shape index (κ3) is 3.50. The topological polar surface area (TPSA) is 83.6 Å². The van der Waals surface area contributed by atoms with Gasteiger partial charge in [-0.05, 0) is 31.2 Å². The molecule has 3 heterocycles. The van der Waals surface area contributed by atoms with Gasteiger partial charge in [0, 0.05) is 17.3 Å². The van der Waals surface area contributed by atoms with E-state index in [4.69, 9.17) is 4.42 Å². The van der Waals surface area contributed by atoms with E-state index < -0.39 is 35.1 Å². The van der Waals surface area contributed by atoms with Crippen LogP contribution in [0.5, 0.6) is 0 Å². The average molecular weight is 478 g/mol. The molecule has 0 spiro atoms. The molecule has 2 aromatic carbocycles. The van der Waals surface area contributed by atoms with E-state index in [1.165, 1.54) is 18.4 Å². The molecule has 34 heavy (non-hydrogen) atoms. The van der Waals surface area contributed by atoms with Crippen LogP contribution in [0.2, 0.25) is 0 Å². The zero-order chi connectivity index (χ0) is 24.0. The summed E-state index contributed by atoms with van der Waals surface area (Å²) in [5, 5.41) is 11.4. The van der Waals surface area contributed by atoms with Crippen molar-refractivity contribution in [1.29, 1.82) is 0 Å². The lowest BCUT2D eigenvalue weighted by Crippen LogP contribution is -2.31. The standard InChI is InChI=1S/C25H16F2N2O4S/c1-13-23(34-24(28-13)14-6-3-2-4-7-14)21(30)19-20(18-8-5-11-33-18)29(25(32)22(19)31)15-9-10-16(26)17(27)12-15/h2-12,20,31H,1H3. The summed E-state index contributed by atoms with van der Waals surface area (Å²) < 4.78 is 33.0.